The van der Waals surface area contributed by atoms with Gasteiger partial charge in [0.1, 0.15) is 0 Å². The number of nitrogens with zero attached hydrogens (tertiary/aromatic N) is 1. The van der Waals surface area contributed by atoms with E-state index in [2.05, 4.69) is 16.4 Å². The molecule has 0 atom stereocenters. The van der Waals surface area contributed by atoms with E-state index in [0.717, 1.165) is 30.8 Å². The summed E-state index contributed by atoms with van der Waals surface area (Å²) in [6.45, 7) is 0.973. The molecule has 19 heavy (non-hydrogen) atoms. The van der Waals surface area contributed by atoms with Crippen LogP contribution in [-0.4, -0.2) is 11.5 Å². The van der Waals surface area contributed by atoms with Crippen molar-refractivity contribution >= 4 is 11.4 Å². The second kappa shape index (κ2) is 7.41. The highest BCUT2D eigenvalue weighted by molar-refractivity contribution is 5.65. The molecule has 0 radical (unpaired) electrons. The number of unbranched alkanes of at least 4 members (excludes halogenated alkanes) is 2. The SMILES string of the molecule is Nc1ccccc1NCCCCCc1cccnc1. The maximum atomic E-state index is 5.87. The summed E-state index contributed by atoms with van der Waals surface area (Å²) in [5.74, 6) is 0. The van der Waals surface area contributed by atoms with Gasteiger partial charge in [-0.3, -0.25) is 4.98 Å². The van der Waals surface area contributed by atoms with Gasteiger partial charge in [-0.1, -0.05) is 24.6 Å². The van der Waals surface area contributed by atoms with Crippen LogP contribution in [0.1, 0.15) is 24.8 Å². The number of anilines is 2. The smallest absolute Gasteiger partial charge is 0.0573 e. The minimum atomic E-state index is 0.817. The zero-order valence-electron chi connectivity index (χ0n) is 11.2. The van der Waals surface area contributed by atoms with Crippen molar-refractivity contribution in [2.75, 3.05) is 17.6 Å². The number of hydrogen-bond donors (Lipinski definition) is 2. The quantitative estimate of drug-likeness (QED) is 0.588. The van der Waals surface area contributed by atoms with E-state index >= 15 is 0 Å². The van der Waals surface area contributed by atoms with Gasteiger partial charge in [-0.25, -0.2) is 0 Å². The minimum Gasteiger partial charge on any atom is -0.397 e. The van der Waals surface area contributed by atoms with E-state index < -0.39 is 0 Å². The Bertz CT molecular complexity index is 482. The summed E-state index contributed by atoms with van der Waals surface area (Å²) in [6.07, 6.45) is 8.46. The number of aryl methyl sites for hydroxylation is 1. The van der Waals surface area contributed by atoms with Crippen molar-refractivity contribution in [1.29, 1.82) is 0 Å². The molecule has 3 heteroatoms. The topological polar surface area (TPSA) is 50.9 Å². The van der Waals surface area contributed by atoms with Crippen LogP contribution in [0.25, 0.3) is 0 Å². The summed E-state index contributed by atoms with van der Waals surface area (Å²) in [5, 5.41) is 3.37. The van der Waals surface area contributed by atoms with Gasteiger partial charge in [0, 0.05) is 18.9 Å². The predicted molar refractivity (Wildman–Crippen MR) is 81.1 cm³/mol. The van der Waals surface area contributed by atoms with Crippen LogP contribution in [0.2, 0.25) is 0 Å². The lowest BCUT2D eigenvalue weighted by Gasteiger charge is -2.08. The first-order chi connectivity index (χ1) is 9.36. The molecule has 0 fully saturated rings. The summed E-state index contributed by atoms with van der Waals surface area (Å²) in [4.78, 5) is 4.12. The Morgan fingerprint density at radius 2 is 1.89 bits per heavy atom. The Hall–Kier alpha value is -2.03. The molecule has 1 aromatic carbocycles. The molecule has 1 aromatic heterocycles. The summed E-state index contributed by atoms with van der Waals surface area (Å²) in [7, 11) is 0. The first-order valence-corrected chi connectivity index (χ1v) is 6.83. The molecule has 2 aromatic rings. The van der Waals surface area contributed by atoms with E-state index in [1.807, 2.05) is 42.7 Å². The van der Waals surface area contributed by atoms with Gasteiger partial charge >= 0.3 is 0 Å². The van der Waals surface area contributed by atoms with Gasteiger partial charge in [-0.05, 0) is 43.0 Å². The number of para-hydroxylation sites is 2. The predicted octanol–water partition coefficient (Wildman–Crippen LogP) is 3.49. The standard InChI is InChI=1S/C16H21N3/c17-15-9-3-4-10-16(15)19-12-5-1-2-7-14-8-6-11-18-13-14/h3-4,6,8-11,13,19H,1-2,5,7,12,17H2. The zero-order chi connectivity index (χ0) is 13.3. The molecule has 0 spiro atoms. The average molecular weight is 255 g/mol. The van der Waals surface area contributed by atoms with Crippen LogP contribution in [0.15, 0.2) is 48.8 Å². The molecule has 2 rings (SSSR count). The van der Waals surface area contributed by atoms with Crippen LogP contribution in [0, 0.1) is 0 Å². The first kappa shape index (κ1) is 13.4. The van der Waals surface area contributed by atoms with Crippen LogP contribution < -0.4 is 11.1 Å². The summed E-state index contributed by atoms with van der Waals surface area (Å²) < 4.78 is 0. The Labute approximate surface area is 114 Å². The number of nitrogen functional groups attached to an aromatic ring is 1. The zero-order valence-corrected chi connectivity index (χ0v) is 11.2. The number of pyridine rings is 1. The van der Waals surface area contributed by atoms with E-state index in [9.17, 15) is 0 Å². The van der Waals surface area contributed by atoms with Gasteiger partial charge in [-0.2, -0.15) is 0 Å². The van der Waals surface area contributed by atoms with E-state index in [1.165, 1.54) is 18.4 Å². The van der Waals surface area contributed by atoms with Gasteiger partial charge in [-0.15, -0.1) is 0 Å². The average Bonchev–Trinajstić information content (AvgIpc) is 2.45. The lowest BCUT2D eigenvalue weighted by atomic mass is 10.1. The van der Waals surface area contributed by atoms with E-state index in [1.54, 1.807) is 0 Å². The Morgan fingerprint density at radius 3 is 2.68 bits per heavy atom. The molecule has 1 heterocycles. The lowest BCUT2D eigenvalue weighted by Crippen LogP contribution is -2.04. The fourth-order valence-electron chi connectivity index (χ4n) is 2.06. The van der Waals surface area contributed by atoms with Crippen LogP contribution >= 0.6 is 0 Å². The number of aromatic nitrogens is 1. The van der Waals surface area contributed by atoms with Crippen molar-refractivity contribution in [2.24, 2.45) is 0 Å². The summed E-state index contributed by atoms with van der Waals surface area (Å²) in [5.41, 5.74) is 9.04. The fourth-order valence-corrected chi connectivity index (χ4v) is 2.06. The molecule has 3 nitrogen and oxygen atoms in total. The number of benzene rings is 1. The van der Waals surface area contributed by atoms with E-state index in [4.69, 9.17) is 5.73 Å². The molecule has 0 amide bonds. The molecule has 0 saturated carbocycles. The Morgan fingerprint density at radius 1 is 1.00 bits per heavy atom. The van der Waals surface area contributed by atoms with E-state index in [-0.39, 0.29) is 0 Å². The third-order valence-electron chi connectivity index (χ3n) is 3.14. The highest BCUT2D eigenvalue weighted by Crippen LogP contribution is 2.16. The molecular formula is C16H21N3. The van der Waals surface area contributed by atoms with E-state index in [0.29, 0.717) is 0 Å². The second-order valence-electron chi connectivity index (χ2n) is 4.69. The normalized spacial score (nSPS) is 10.3. The fraction of sp³-hybridized carbons (Fsp3) is 0.312. The lowest BCUT2D eigenvalue weighted by molar-refractivity contribution is 0.697. The molecule has 0 unspecified atom stereocenters. The number of hydrogen-bond acceptors (Lipinski definition) is 3. The van der Waals surface area contributed by atoms with Gasteiger partial charge < -0.3 is 11.1 Å². The molecule has 0 saturated heterocycles. The molecular weight excluding hydrogens is 234 g/mol. The van der Waals surface area contributed by atoms with Crippen LogP contribution in [0.3, 0.4) is 0 Å². The van der Waals surface area contributed by atoms with Crippen molar-refractivity contribution in [1.82, 2.24) is 4.98 Å². The third-order valence-corrected chi connectivity index (χ3v) is 3.14. The van der Waals surface area contributed by atoms with Crippen LogP contribution in [-0.2, 0) is 6.42 Å². The van der Waals surface area contributed by atoms with Crippen molar-refractivity contribution in [3.8, 4) is 0 Å². The number of nitrogens with one attached hydrogen (secondary N) is 1. The third kappa shape index (κ3) is 4.62. The molecule has 0 bridgehead atoms. The Kier molecular flexibility index (Phi) is 5.23. The minimum absolute atomic E-state index is 0.817. The summed E-state index contributed by atoms with van der Waals surface area (Å²) in [6, 6.07) is 12.0. The van der Waals surface area contributed by atoms with Crippen LogP contribution in [0.4, 0.5) is 11.4 Å². The highest BCUT2D eigenvalue weighted by Gasteiger charge is 1.96. The molecule has 100 valence electrons. The van der Waals surface area contributed by atoms with Crippen molar-refractivity contribution in [3.05, 3.63) is 54.4 Å². The van der Waals surface area contributed by atoms with Gasteiger partial charge in [0.05, 0.1) is 11.4 Å². The van der Waals surface area contributed by atoms with Crippen molar-refractivity contribution in [3.63, 3.8) is 0 Å². The molecule has 0 aliphatic carbocycles. The first-order valence-electron chi connectivity index (χ1n) is 6.83. The van der Waals surface area contributed by atoms with Crippen molar-refractivity contribution < 1.29 is 0 Å². The number of nitrogens with two attached hydrogens (primary N) is 1. The molecule has 3 N–H and O–H groups in total. The molecule has 0 aliphatic heterocycles. The summed E-state index contributed by atoms with van der Waals surface area (Å²) >= 11 is 0. The highest BCUT2D eigenvalue weighted by atomic mass is 14.9. The maximum absolute atomic E-state index is 5.87. The molecule has 0 aliphatic rings. The second-order valence-corrected chi connectivity index (χ2v) is 4.69. The monoisotopic (exact) mass is 255 g/mol. The maximum Gasteiger partial charge on any atom is 0.0573 e. The van der Waals surface area contributed by atoms with Crippen LogP contribution in [0.5, 0.6) is 0 Å². The number of rotatable bonds is 7. The Balaban J connectivity index is 1.59. The van der Waals surface area contributed by atoms with Gasteiger partial charge in [0.2, 0.25) is 0 Å². The van der Waals surface area contributed by atoms with Crippen molar-refractivity contribution in [2.45, 2.75) is 25.7 Å². The van der Waals surface area contributed by atoms with Gasteiger partial charge in [0.15, 0.2) is 0 Å². The van der Waals surface area contributed by atoms with Gasteiger partial charge in [0.25, 0.3) is 0 Å². The largest absolute Gasteiger partial charge is 0.397 e.